The van der Waals surface area contributed by atoms with Crippen molar-refractivity contribution >= 4 is 28.2 Å². The number of rotatable bonds is 9. The number of hydrogen-bond acceptors (Lipinski definition) is 10. The second-order valence-corrected chi connectivity index (χ2v) is 15.3. The number of methoxy groups -OCH3 is 3. The molecule has 3 aliphatic rings. The SMILES string of the molecule is COc1cc2nc(CCn3c(=O)n4n(c3=O)C3CC5C(=O)C(c6ccccc6)=CC(=O)C5(c5ccccc5)C(c5ccc(O)cc5OC)C3=CC4)c(=O)n(C)c2cc1OC. The summed E-state index contributed by atoms with van der Waals surface area (Å²) in [5.74, 6) is -1.34. The minimum atomic E-state index is -1.49. The van der Waals surface area contributed by atoms with Gasteiger partial charge in [-0.05, 0) is 35.3 Å². The van der Waals surface area contributed by atoms with Crippen molar-refractivity contribution < 1.29 is 28.9 Å². The number of hydrogen-bond donors (Lipinski definition) is 1. The van der Waals surface area contributed by atoms with E-state index >= 15 is 9.59 Å². The van der Waals surface area contributed by atoms with Crippen LogP contribution >= 0.6 is 0 Å². The number of aromatic nitrogens is 5. The number of aryl methyl sites for hydroxylation is 2. The Morgan fingerprint density at radius 3 is 2.20 bits per heavy atom. The highest BCUT2D eigenvalue weighted by atomic mass is 16.5. The zero-order chi connectivity index (χ0) is 42.0. The normalized spacial score (nSPS) is 20.8. The third-order valence-electron chi connectivity index (χ3n) is 12.5. The van der Waals surface area contributed by atoms with Crippen molar-refractivity contribution in [3.8, 4) is 23.0 Å². The molecule has 60 heavy (non-hydrogen) atoms. The van der Waals surface area contributed by atoms with Gasteiger partial charge in [0.25, 0.3) is 5.56 Å². The maximum absolute atomic E-state index is 15.3. The Bertz CT molecular complexity index is 2990. The van der Waals surface area contributed by atoms with E-state index in [0.717, 1.165) is 4.57 Å². The topological polar surface area (TPSA) is 166 Å². The molecule has 14 nitrogen and oxygen atoms in total. The van der Waals surface area contributed by atoms with E-state index in [-0.39, 0.29) is 54.5 Å². The van der Waals surface area contributed by atoms with Crippen LogP contribution in [0.5, 0.6) is 23.0 Å². The number of ketones is 2. The first-order valence-electron chi connectivity index (χ1n) is 19.5. The molecule has 1 aliphatic heterocycles. The van der Waals surface area contributed by atoms with Crippen LogP contribution in [0.4, 0.5) is 0 Å². The summed E-state index contributed by atoms with van der Waals surface area (Å²) >= 11 is 0. The first-order chi connectivity index (χ1) is 29.0. The lowest BCUT2D eigenvalue weighted by Crippen LogP contribution is -2.58. The van der Waals surface area contributed by atoms with Crippen molar-refractivity contribution in [3.05, 3.63) is 162 Å². The molecule has 3 heterocycles. The molecule has 4 atom stereocenters. The van der Waals surface area contributed by atoms with Gasteiger partial charge in [-0.15, -0.1) is 0 Å². The predicted octanol–water partition coefficient (Wildman–Crippen LogP) is 4.49. The standard InChI is InChI=1S/C46H41N5O9/c1-48-36-25-39(60-4)38(59-3)24-34(36)47-33(43(48)55)18-19-49-44(56)50-20-17-29-35(51(50)45(49)57)23-32-42(54)31(26-11-7-5-8-12-26)22-40(53)46(32,27-13-9-6-10-14-27)41(29)30-16-15-28(52)21-37(30)58-2/h5-17,21-22,24-25,32,35,41,52H,18-20,23H2,1-4H3. The highest BCUT2D eigenvalue weighted by Crippen LogP contribution is 2.62. The van der Waals surface area contributed by atoms with Gasteiger partial charge in [-0.1, -0.05) is 72.8 Å². The van der Waals surface area contributed by atoms with Crippen LogP contribution in [-0.4, -0.2) is 61.5 Å². The molecule has 1 saturated carbocycles. The molecular formula is C46H41N5O9. The molecular weight excluding hydrogens is 767 g/mol. The predicted molar refractivity (Wildman–Crippen MR) is 222 cm³/mol. The maximum atomic E-state index is 15.3. The largest absolute Gasteiger partial charge is 0.508 e. The molecule has 1 N–H and O–H groups in total. The monoisotopic (exact) mass is 807 g/mol. The molecule has 1 fully saturated rings. The van der Waals surface area contributed by atoms with E-state index in [4.69, 9.17) is 14.2 Å². The number of phenolic OH excluding ortho intramolecular Hbond substituents is 1. The van der Waals surface area contributed by atoms with Gasteiger partial charge in [0.15, 0.2) is 23.1 Å². The van der Waals surface area contributed by atoms with Crippen LogP contribution in [-0.2, 0) is 41.6 Å². The minimum Gasteiger partial charge on any atom is -0.508 e. The van der Waals surface area contributed by atoms with E-state index in [2.05, 4.69) is 4.98 Å². The summed E-state index contributed by atoms with van der Waals surface area (Å²) in [5.41, 5.74) is 0.685. The van der Waals surface area contributed by atoms with Gasteiger partial charge < -0.3 is 23.9 Å². The number of allylic oxidation sites excluding steroid dienone is 4. The molecule has 0 saturated heterocycles. The number of carbonyl (C=O) groups is 2. The highest BCUT2D eigenvalue weighted by Gasteiger charge is 2.63. The highest BCUT2D eigenvalue weighted by molar-refractivity contribution is 6.31. The summed E-state index contributed by atoms with van der Waals surface area (Å²) < 4.78 is 22.0. The quantitative estimate of drug-likeness (QED) is 0.206. The van der Waals surface area contributed by atoms with Crippen LogP contribution in [0.1, 0.15) is 40.8 Å². The number of fused-ring (bicyclic) bond motifs is 5. The molecule has 6 aromatic rings. The molecule has 14 heteroatoms. The maximum Gasteiger partial charge on any atom is 0.347 e. The number of nitrogens with zero attached hydrogens (tertiary/aromatic N) is 5. The van der Waals surface area contributed by atoms with Crippen molar-refractivity contribution in [2.75, 3.05) is 21.3 Å². The molecule has 4 aromatic carbocycles. The molecule has 304 valence electrons. The van der Waals surface area contributed by atoms with Crippen molar-refractivity contribution in [3.63, 3.8) is 0 Å². The van der Waals surface area contributed by atoms with Crippen LogP contribution in [0.3, 0.4) is 0 Å². The number of benzene rings is 4. The summed E-state index contributed by atoms with van der Waals surface area (Å²) in [6.07, 6.45) is 3.30. The summed E-state index contributed by atoms with van der Waals surface area (Å²) in [6.45, 7) is -0.164. The molecule has 0 spiro atoms. The van der Waals surface area contributed by atoms with Gasteiger partial charge in [-0.3, -0.25) is 14.4 Å². The summed E-state index contributed by atoms with van der Waals surface area (Å²) in [6, 6.07) is 25.4. The fourth-order valence-electron chi connectivity index (χ4n) is 9.75. The van der Waals surface area contributed by atoms with Crippen molar-refractivity contribution in [2.24, 2.45) is 13.0 Å². The Labute approximate surface area is 342 Å². The van der Waals surface area contributed by atoms with Gasteiger partial charge in [0.2, 0.25) is 0 Å². The number of ether oxygens (including phenoxy) is 3. The molecule has 9 rings (SSSR count). The fraction of sp³-hybridized carbons (Fsp3) is 0.261. The molecule has 0 bridgehead atoms. The van der Waals surface area contributed by atoms with Crippen LogP contribution < -0.4 is 31.1 Å². The van der Waals surface area contributed by atoms with Crippen molar-refractivity contribution in [1.82, 2.24) is 23.5 Å². The molecule has 2 aliphatic carbocycles. The lowest BCUT2D eigenvalue weighted by atomic mass is 9.47. The Morgan fingerprint density at radius 1 is 0.817 bits per heavy atom. The van der Waals surface area contributed by atoms with E-state index in [9.17, 15) is 19.5 Å². The van der Waals surface area contributed by atoms with Crippen LogP contribution in [0, 0.1) is 5.92 Å². The second kappa shape index (κ2) is 14.6. The fourth-order valence-corrected chi connectivity index (χ4v) is 9.75. The lowest BCUT2D eigenvalue weighted by Gasteiger charge is -2.54. The zero-order valence-corrected chi connectivity index (χ0v) is 33.3. The Hall–Kier alpha value is -7.22. The zero-order valence-electron chi connectivity index (χ0n) is 33.3. The van der Waals surface area contributed by atoms with E-state index in [1.165, 1.54) is 53.5 Å². The van der Waals surface area contributed by atoms with E-state index < -0.39 is 40.2 Å². The lowest BCUT2D eigenvalue weighted by molar-refractivity contribution is -0.133. The van der Waals surface area contributed by atoms with Gasteiger partial charge >= 0.3 is 11.4 Å². The van der Waals surface area contributed by atoms with Crippen LogP contribution in [0.15, 0.2) is 123 Å². The number of phenols is 1. The van der Waals surface area contributed by atoms with Gasteiger partial charge in [0, 0.05) is 61.2 Å². The Balaban J connectivity index is 1.20. The summed E-state index contributed by atoms with van der Waals surface area (Å²) in [5, 5.41) is 10.6. The minimum absolute atomic E-state index is 0.00972. The third kappa shape index (κ3) is 5.61. The van der Waals surface area contributed by atoms with Gasteiger partial charge in [-0.2, -0.15) is 0 Å². The average Bonchev–Trinajstić information content (AvgIpc) is 3.52. The number of aromatic hydroxyl groups is 1. The molecule has 2 aromatic heterocycles. The Morgan fingerprint density at radius 2 is 1.50 bits per heavy atom. The Kier molecular flexibility index (Phi) is 9.29. The van der Waals surface area contributed by atoms with Crippen LogP contribution in [0.2, 0.25) is 0 Å². The molecule has 0 amide bonds. The molecule has 4 unspecified atom stereocenters. The van der Waals surface area contributed by atoms with E-state index in [1.54, 1.807) is 49.5 Å². The number of Topliss-reactive ketones (excluding diaryl/α,β-unsaturated/α-hetero) is 1. The third-order valence-corrected chi connectivity index (χ3v) is 12.5. The summed E-state index contributed by atoms with van der Waals surface area (Å²) in [7, 11) is 6.08. The average molecular weight is 808 g/mol. The summed E-state index contributed by atoms with van der Waals surface area (Å²) in [4.78, 5) is 77.6. The number of carbonyl (C=O) groups excluding carboxylic acids is 2. The molecule has 0 radical (unpaired) electrons. The second-order valence-electron chi connectivity index (χ2n) is 15.3. The van der Waals surface area contributed by atoms with Gasteiger partial charge in [0.05, 0.1) is 50.4 Å². The smallest absolute Gasteiger partial charge is 0.347 e. The first kappa shape index (κ1) is 38.3. The van der Waals surface area contributed by atoms with Crippen molar-refractivity contribution in [1.29, 1.82) is 0 Å². The van der Waals surface area contributed by atoms with Crippen molar-refractivity contribution in [2.45, 2.75) is 43.3 Å². The first-order valence-corrected chi connectivity index (χ1v) is 19.5. The van der Waals surface area contributed by atoms with Gasteiger partial charge in [-0.25, -0.2) is 28.5 Å². The van der Waals surface area contributed by atoms with Crippen LogP contribution in [0.25, 0.3) is 16.6 Å². The van der Waals surface area contributed by atoms with E-state index in [0.29, 0.717) is 50.5 Å². The van der Waals surface area contributed by atoms with Gasteiger partial charge in [0.1, 0.15) is 17.2 Å². The van der Waals surface area contributed by atoms with E-state index in [1.807, 2.05) is 42.5 Å².